The van der Waals surface area contributed by atoms with Crippen LogP contribution in [0.1, 0.15) is 99.3 Å². The summed E-state index contributed by atoms with van der Waals surface area (Å²) in [7, 11) is 0. The van der Waals surface area contributed by atoms with Gasteiger partial charge in [0.1, 0.15) is 43.6 Å². The molecule has 0 fully saturated rings. The predicted molar refractivity (Wildman–Crippen MR) is 192 cm³/mol. The molecule has 0 spiro atoms. The molecule has 0 aromatic carbocycles. The molecule has 6 aromatic rings. The molecule has 300 valence electrons. The molecule has 6 aromatic heterocycles. The fraction of sp³-hybridized carbons (Fsp3) is 0.351. The van der Waals surface area contributed by atoms with Crippen molar-refractivity contribution in [2.24, 2.45) is 11.7 Å². The maximum Gasteiger partial charge on any atom is 0.373 e. The molecule has 2 atom stereocenters. The number of nitrogens with one attached hydrogen (secondary N) is 1. The van der Waals surface area contributed by atoms with Gasteiger partial charge in [-0.3, -0.25) is 4.79 Å². The van der Waals surface area contributed by atoms with E-state index in [0.29, 0.717) is 28.9 Å². The van der Waals surface area contributed by atoms with Gasteiger partial charge in [0.2, 0.25) is 35.3 Å². The van der Waals surface area contributed by atoms with Gasteiger partial charge in [-0.15, -0.1) is 0 Å². The summed E-state index contributed by atoms with van der Waals surface area (Å²) in [5, 5.41) is 2.90. The summed E-state index contributed by atoms with van der Waals surface area (Å²) in [6.07, 6.45) is 23.6. The number of hydrogen-bond donors (Lipinski definition) is 2. The normalized spacial score (nSPS) is 12.6. The van der Waals surface area contributed by atoms with E-state index >= 15 is 0 Å². The topological polar surface area (TPSA) is 277 Å². The summed E-state index contributed by atoms with van der Waals surface area (Å²) in [5.74, 6) is 0.943. The van der Waals surface area contributed by atoms with E-state index in [9.17, 15) is 4.79 Å². The number of allylic oxidation sites excluding steroid dienone is 4. The predicted octanol–water partition coefficient (Wildman–Crippen LogP) is 6.78. The number of amides is 1. The zero-order chi connectivity index (χ0) is 38.5. The Morgan fingerprint density at radius 3 is 1.70 bits per heavy atom. The Balaban J connectivity index is 0.000000682. The van der Waals surface area contributed by atoms with Crippen LogP contribution in [-0.2, 0) is 30.0 Å². The first-order valence-corrected chi connectivity index (χ1v) is 17.3. The molecule has 18 nitrogen and oxygen atoms in total. The van der Waals surface area contributed by atoms with Crippen LogP contribution < -0.4 is 11.1 Å². The number of aromatic nitrogens is 6. The van der Waals surface area contributed by atoms with E-state index < -0.39 is 11.9 Å². The number of rotatable bonds is 13. The van der Waals surface area contributed by atoms with Gasteiger partial charge in [-0.25, -0.2) is 29.9 Å². The van der Waals surface area contributed by atoms with Crippen molar-refractivity contribution >= 4 is 12.1 Å². The summed E-state index contributed by atoms with van der Waals surface area (Å²) in [4.78, 5) is 55.7. The van der Waals surface area contributed by atoms with Crippen molar-refractivity contribution in [1.29, 1.82) is 0 Å². The third-order valence-electron chi connectivity index (χ3n) is 7.82. The van der Waals surface area contributed by atoms with Gasteiger partial charge < -0.3 is 43.0 Å². The smallest absolute Gasteiger partial charge is 0.373 e. The number of unbranched alkanes of at least 4 members (excludes halogenated alkanes) is 2. The number of nitrogens with zero attached hydrogens (tertiary/aromatic N) is 6. The van der Waals surface area contributed by atoms with Gasteiger partial charge in [0.15, 0.2) is 28.5 Å². The molecule has 0 radical (unpaired) electrons. The number of nitrogens with two attached hydrogens (primary N) is 1. The Morgan fingerprint density at radius 1 is 0.714 bits per heavy atom. The Morgan fingerprint density at radius 2 is 1.18 bits per heavy atom. The maximum atomic E-state index is 13.2. The Hall–Kier alpha value is -5.83. The average Bonchev–Trinajstić information content (AvgIpc) is 4.03. The van der Waals surface area contributed by atoms with E-state index in [4.69, 9.17) is 41.8 Å². The molecule has 7 rings (SSSR count). The van der Waals surface area contributed by atoms with E-state index in [1.807, 2.05) is 20.8 Å². The van der Waals surface area contributed by atoms with Crippen molar-refractivity contribution in [1.82, 2.24) is 35.2 Å². The Labute approximate surface area is 334 Å². The molecule has 5 N–H and O–H groups in total. The maximum absolute atomic E-state index is 13.2. The quantitative estimate of drug-likeness (QED) is 0.0687. The van der Waals surface area contributed by atoms with Crippen LogP contribution in [0.2, 0.25) is 0 Å². The first-order valence-electron chi connectivity index (χ1n) is 17.3. The number of oxazole rings is 6. The molecule has 56 heavy (non-hydrogen) atoms. The second kappa shape index (κ2) is 21.9. The molecule has 0 saturated heterocycles. The molecule has 0 saturated carbocycles. The molecule has 0 bridgehead atoms. The number of carbonyl (C=O) groups excluding carboxylic acids is 3. The molecular weight excluding hydrogens is 823 g/mol. The molecule has 19 heteroatoms. The Kier molecular flexibility index (Phi) is 17.4. The number of carbonyl (C=O) groups is 1. The SMILES string of the molecule is C1=CCC=CC1.CCCCCC(N)c1nc(-c2nc(-c3nc(C(=O)NC(c4nc(-c5nc(-c6nc(C)co6)co5)co4)C(C)C)co3)co2)co1.O.O=C=O.[Pd]. The molecular formula is C37H42N8O10Pd. The van der Waals surface area contributed by atoms with E-state index in [-0.39, 0.29) is 79.0 Å². The first-order chi connectivity index (χ1) is 26.2. The van der Waals surface area contributed by atoms with Gasteiger partial charge >= 0.3 is 6.15 Å². The van der Waals surface area contributed by atoms with Crippen LogP contribution in [0.25, 0.3) is 46.3 Å². The summed E-state index contributed by atoms with van der Waals surface area (Å²) in [5.41, 5.74) is 8.40. The van der Waals surface area contributed by atoms with E-state index in [0.717, 1.165) is 44.2 Å². The zero-order valence-corrected chi connectivity index (χ0v) is 32.6. The fourth-order valence-corrected chi connectivity index (χ4v) is 5.04. The van der Waals surface area contributed by atoms with Gasteiger partial charge in [-0.05, 0) is 32.1 Å². The third-order valence-corrected chi connectivity index (χ3v) is 7.82. The van der Waals surface area contributed by atoms with Gasteiger partial charge in [-0.1, -0.05) is 64.3 Å². The second-order valence-corrected chi connectivity index (χ2v) is 12.3. The molecule has 1 amide bonds. The van der Waals surface area contributed by atoms with Gasteiger partial charge in [0.25, 0.3) is 5.91 Å². The van der Waals surface area contributed by atoms with Crippen LogP contribution in [0.3, 0.4) is 0 Å². The van der Waals surface area contributed by atoms with E-state index in [1.165, 1.54) is 37.6 Å². The van der Waals surface area contributed by atoms with Crippen molar-refractivity contribution < 1.29 is 66.8 Å². The van der Waals surface area contributed by atoms with Crippen LogP contribution in [0.5, 0.6) is 0 Å². The summed E-state index contributed by atoms with van der Waals surface area (Å²) >= 11 is 0. The largest absolute Gasteiger partial charge is 0.446 e. The van der Waals surface area contributed by atoms with Crippen LogP contribution in [0.15, 0.2) is 88.4 Å². The molecule has 1 aliphatic carbocycles. The summed E-state index contributed by atoms with van der Waals surface area (Å²) in [6.45, 7) is 7.78. The van der Waals surface area contributed by atoms with Gasteiger partial charge in [0.05, 0.1) is 11.7 Å². The van der Waals surface area contributed by atoms with Crippen molar-refractivity contribution in [3.63, 3.8) is 0 Å². The van der Waals surface area contributed by atoms with Crippen LogP contribution in [0, 0.1) is 12.8 Å². The van der Waals surface area contributed by atoms with Crippen LogP contribution in [-0.4, -0.2) is 47.4 Å². The zero-order valence-electron chi connectivity index (χ0n) is 31.0. The van der Waals surface area contributed by atoms with Gasteiger partial charge in [-0.2, -0.15) is 9.59 Å². The number of aryl methyl sites for hydroxylation is 1. The van der Waals surface area contributed by atoms with Crippen LogP contribution in [0.4, 0.5) is 0 Å². The summed E-state index contributed by atoms with van der Waals surface area (Å²) in [6, 6.07) is -0.905. The monoisotopic (exact) mass is 864 g/mol. The molecule has 6 heterocycles. The molecule has 2 unspecified atom stereocenters. The standard InChI is InChI=1S/C30H32N8O7.C6H8.CO2.H2O.Pd/c1-5-6-7-8-17(31)25-34-20(11-41-25)28-36-21(13-44-28)27-33-18(10-42-27)24(39)38-23(15(2)3)30-37-22(14-45-30)29-35-19(12-43-29)26-32-16(4)9-40-26;1-2-4-6-5-3-1;2-1-3;;/h9-15,17,23H,5-8,31H2,1-4H3,(H,38,39);1-2,5-6H,3-4H2;;1H2;. The minimum absolute atomic E-state index is 0. The second-order valence-electron chi connectivity index (χ2n) is 12.3. The van der Waals surface area contributed by atoms with E-state index in [2.05, 4.69) is 66.4 Å². The van der Waals surface area contributed by atoms with E-state index in [1.54, 1.807) is 0 Å². The minimum atomic E-state index is -0.594. The third kappa shape index (κ3) is 11.8. The van der Waals surface area contributed by atoms with Crippen molar-refractivity contribution in [2.45, 2.75) is 78.3 Å². The van der Waals surface area contributed by atoms with Crippen LogP contribution >= 0.6 is 0 Å². The Bertz CT molecular complexity index is 2160. The minimum Gasteiger partial charge on any atom is -0.446 e. The molecule has 0 aliphatic heterocycles. The number of hydrogen-bond acceptors (Lipinski definition) is 16. The van der Waals surface area contributed by atoms with Crippen molar-refractivity contribution in [2.75, 3.05) is 0 Å². The van der Waals surface area contributed by atoms with Crippen molar-refractivity contribution in [3.8, 4) is 46.3 Å². The first kappa shape index (κ1) is 44.6. The summed E-state index contributed by atoms with van der Waals surface area (Å²) < 4.78 is 33.3. The van der Waals surface area contributed by atoms with Gasteiger partial charge in [0, 0.05) is 20.4 Å². The molecule has 1 aliphatic rings. The van der Waals surface area contributed by atoms with Crippen molar-refractivity contribution in [3.05, 3.63) is 85.1 Å². The fourth-order valence-electron chi connectivity index (χ4n) is 5.04. The average molecular weight is 865 g/mol.